The van der Waals surface area contributed by atoms with E-state index in [1.807, 2.05) is 0 Å². The number of hydrogen-bond acceptors (Lipinski definition) is 6. The standard InChI is InChI=1S/C16H28N2O6S/c1-25(20,21)18(13-14-3-2-10-22-14)7-4-15(19)17-8-5-16(6-9-17)23-11-12-24-16/h14H,2-13H2,1H3. The van der Waals surface area contributed by atoms with Gasteiger partial charge in [0.05, 0.1) is 25.6 Å². The Kier molecular flexibility index (Phi) is 5.99. The molecule has 25 heavy (non-hydrogen) atoms. The lowest BCUT2D eigenvalue weighted by Gasteiger charge is -2.37. The minimum Gasteiger partial charge on any atom is -0.377 e. The zero-order valence-corrected chi connectivity index (χ0v) is 15.6. The molecule has 3 aliphatic heterocycles. The number of rotatable bonds is 6. The van der Waals surface area contributed by atoms with Gasteiger partial charge in [0.15, 0.2) is 5.79 Å². The van der Waals surface area contributed by atoms with E-state index in [4.69, 9.17) is 14.2 Å². The van der Waals surface area contributed by atoms with Crippen molar-refractivity contribution in [3.63, 3.8) is 0 Å². The molecule has 0 aromatic rings. The van der Waals surface area contributed by atoms with Gasteiger partial charge in [0.2, 0.25) is 15.9 Å². The molecule has 1 spiro atoms. The highest BCUT2D eigenvalue weighted by Crippen LogP contribution is 2.31. The fourth-order valence-electron chi connectivity index (χ4n) is 3.67. The van der Waals surface area contributed by atoms with Gasteiger partial charge in [-0.2, -0.15) is 4.31 Å². The summed E-state index contributed by atoms with van der Waals surface area (Å²) in [4.78, 5) is 14.2. The third-order valence-corrected chi connectivity index (χ3v) is 6.44. The smallest absolute Gasteiger partial charge is 0.223 e. The first-order valence-electron chi connectivity index (χ1n) is 9.00. The van der Waals surface area contributed by atoms with Crippen molar-refractivity contribution in [3.8, 4) is 0 Å². The zero-order chi connectivity index (χ0) is 17.9. The van der Waals surface area contributed by atoms with E-state index in [1.165, 1.54) is 10.6 Å². The van der Waals surface area contributed by atoms with Crippen molar-refractivity contribution >= 4 is 15.9 Å². The van der Waals surface area contributed by atoms with Gasteiger partial charge in [0, 0.05) is 52.0 Å². The van der Waals surface area contributed by atoms with Crippen LogP contribution in [-0.2, 0) is 29.0 Å². The summed E-state index contributed by atoms with van der Waals surface area (Å²) < 4.78 is 42.2. The zero-order valence-electron chi connectivity index (χ0n) is 14.8. The van der Waals surface area contributed by atoms with Crippen LogP contribution in [0.5, 0.6) is 0 Å². The number of ether oxygens (including phenoxy) is 3. The molecule has 1 unspecified atom stereocenters. The minimum atomic E-state index is -3.35. The summed E-state index contributed by atoms with van der Waals surface area (Å²) in [5.74, 6) is -0.524. The number of amides is 1. The van der Waals surface area contributed by atoms with Crippen molar-refractivity contribution in [1.29, 1.82) is 0 Å². The van der Waals surface area contributed by atoms with Gasteiger partial charge >= 0.3 is 0 Å². The van der Waals surface area contributed by atoms with Gasteiger partial charge in [-0.25, -0.2) is 8.42 Å². The Morgan fingerprint density at radius 1 is 1.20 bits per heavy atom. The maximum atomic E-state index is 12.5. The van der Waals surface area contributed by atoms with Crippen molar-refractivity contribution in [2.24, 2.45) is 0 Å². The second-order valence-electron chi connectivity index (χ2n) is 6.99. The van der Waals surface area contributed by atoms with Crippen LogP contribution >= 0.6 is 0 Å². The maximum absolute atomic E-state index is 12.5. The normalized spacial score (nSPS) is 26.6. The number of likely N-dealkylation sites (tertiary alicyclic amines) is 1. The lowest BCUT2D eigenvalue weighted by atomic mass is 10.0. The number of carbonyl (C=O) groups is 1. The number of sulfonamides is 1. The number of hydrogen-bond donors (Lipinski definition) is 0. The van der Waals surface area contributed by atoms with Crippen LogP contribution in [0.25, 0.3) is 0 Å². The Bertz CT molecular complexity index is 559. The summed E-state index contributed by atoms with van der Waals surface area (Å²) in [7, 11) is -3.35. The highest BCUT2D eigenvalue weighted by molar-refractivity contribution is 7.88. The van der Waals surface area contributed by atoms with E-state index in [0.717, 1.165) is 12.8 Å². The molecule has 9 heteroatoms. The molecule has 3 saturated heterocycles. The number of piperidine rings is 1. The average Bonchev–Trinajstić information content (AvgIpc) is 3.23. The molecule has 3 fully saturated rings. The molecule has 3 aliphatic rings. The minimum absolute atomic E-state index is 0.0196. The molecule has 3 rings (SSSR count). The van der Waals surface area contributed by atoms with Crippen molar-refractivity contribution in [2.45, 2.75) is 44.0 Å². The van der Waals surface area contributed by atoms with Gasteiger partial charge in [-0.1, -0.05) is 0 Å². The molecule has 0 radical (unpaired) electrons. The van der Waals surface area contributed by atoms with Gasteiger partial charge in [-0.05, 0) is 12.8 Å². The molecular formula is C16H28N2O6S. The predicted molar refractivity (Wildman–Crippen MR) is 90.5 cm³/mol. The van der Waals surface area contributed by atoms with Gasteiger partial charge in [-0.3, -0.25) is 4.79 Å². The van der Waals surface area contributed by atoms with E-state index >= 15 is 0 Å². The Morgan fingerprint density at radius 2 is 1.88 bits per heavy atom. The predicted octanol–water partition coefficient (Wildman–Crippen LogP) is 0.183. The fraction of sp³-hybridized carbons (Fsp3) is 0.938. The summed E-state index contributed by atoms with van der Waals surface area (Å²) in [6.45, 7) is 3.61. The first-order valence-corrected chi connectivity index (χ1v) is 10.9. The second kappa shape index (κ2) is 7.87. The molecule has 0 aromatic heterocycles. The van der Waals surface area contributed by atoms with Crippen LogP contribution in [0.3, 0.4) is 0 Å². The van der Waals surface area contributed by atoms with E-state index in [2.05, 4.69) is 0 Å². The molecule has 8 nitrogen and oxygen atoms in total. The second-order valence-corrected chi connectivity index (χ2v) is 8.98. The first kappa shape index (κ1) is 19.0. The fourth-order valence-corrected chi connectivity index (χ4v) is 4.53. The number of nitrogens with zero attached hydrogens (tertiary/aromatic N) is 2. The van der Waals surface area contributed by atoms with Crippen molar-refractivity contribution in [3.05, 3.63) is 0 Å². The van der Waals surface area contributed by atoms with E-state index in [-0.39, 0.29) is 25.0 Å². The monoisotopic (exact) mass is 376 g/mol. The average molecular weight is 376 g/mol. The van der Waals surface area contributed by atoms with Crippen molar-refractivity contribution < 1.29 is 27.4 Å². The van der Waals surface area contributed by atoms with Crippen LogP contribution in [0, 0.1) is 0 Å². The molecule has 3 heterocycles. The Morgan fingerprint density at radius 3 is 2.44 bits per heavy atom. The Hall–Kier alpha value is -0.740. The third kappa shape index (κ3) is 4.91. The molecule has 0 N–H and O–H groups in total. The molecular weight excluding hydrogens is 348 g/mol. The lowest BCUT2D eigenvalue weighted by Crippen LogP contribution is -2.48. The molecule has 0 saturated carbocycles. The van der Waals surface area contributed by atoms with Crippen LogP contribution in [0.2, 0.25) is 0 Å². The largest absolute Gasteiger partial charge is 0.377 e. The van der Waals surface area contributed by atoms with Crippen molar-refractivity contribution in [2.75, 3.05) is 52.3 Å². The van der Waals surface area contributed by atoms with E-state index in [1.54, 1.807) is 4.90 Å². The van der Waals surface area contributed by atoms with Gasteiger partial charge in [-0.15, -0.1) is 0 Å². The topological polar surface area (TPSA) is 85.4 Å². The quantitative estimate of drug-likeness (QED) is 0.658. The third-order valence-electron chi connectivity index (χ3n) is 5.17. The van der Waals surface area contributed by atoms with Gasteiger partial charge < -0.3 is 19.1 Å². The first-order chi connectivity index (χ1) is 11.9. The van der Waals surface area contributed by atoms with E-state index in [0.29, 0.717) is 52.3 Å². The van der Waals surface area contributed by atoms with Gasteiger partial charge in [0.25, 0.3) is 0 Å². The van der Waals surface area contributed by atoms with Crippen LogP contribution in [0.4, 0.5) is 0 Å². The summed E-state index contributed by atoms with van der Waals surface area (Å²) in [5, 5.41) is 0. The van der Waals surface area contributed by atoms with Crippen LogP contribution < -0.4 is 0 Å². The number of carbonyl (C=O) groups excluding carboxylic acids is 1. The molecule has 1 atom stereocenters. The van der Waals surface area contributed by atoms with E-state index in [9.17, 15) is 13.2 Å². The summed E-state index contributed by atoms with van der Waals surface area (Å²) in [6, 6.07) is 0. The highest BCUT2D eigenvalue weighted by Gasteiger charge is 2.40. The summed E-state index contributed by atoms with van der Waals surface area (Å²) in [6.07, 6.45) is 4.49. The Balaban J connectivity index is 1.47. The molecule has 0 aromatic carbocycles. The maximum Gasteiger partial charge on any atom is 0.223 e. The highest BCUT2D eigenvalue weighted by atomic mass is 32.2. The molecule has 144 valence electrons. The summed E-state index contributed by atoms with van der Waals surface area (Å²) >= 11 is 0. The molecule has 0 bridgehead atoms. The van der Waals surface area contributed by atoms with Crippen LogP contribution in [-0.4, -0.2) is 87.7 Å². The van der Waals surface area contributed by atoms with Crippen molar-refractivity contribution in [1.82, 2.24) is 9.21 Å². The van der Waals surface area contributed by atoms with Crippen LogP contribution in [0.15, 0.2) is 0 Å². The van der Waals surface area contributed by atoms with E-state index < -0.39 is 15.8 Å². The van der Waals surface area contributed by atoms with Gasteiger partial charge in [0.1, 0.15) is 0 Å². The SMILES string of the molecule is CS(=O)(=O)N(CCC(=O)N1CCC2(CC1)OCCO2)CC1CCCO1. The molecule has 0 aliphatic carbocycles. The van der Waals surface area contributed by atoms with Crippen LogP contribution in [0.1, 0.15) is 32.1 Å². The Labute approximate surface area is 149 Å². The molecule has 1 amide bonds. The lowest BCUT2D eigenvalue weighted by molar-refractivity contribution is -0.187. The summed E-state index contributed by atoms with van der Waals surface area (Å²) in [5.41, 5.74) is 0.